The monoisotopic (exact) mass is 371 g/mol. The van der Waals surface area contributed by atoms with Crippen LogP contribution in [0.15, 0.2) is 36.7 Å². The SMILES string of the molecule is Cc1cc(O)c(Cc2cnc3ccc4cn[nH]c4c3c2C(F)(F)F)cc1C. The van der Waals surface area contributed by atoms with E-state index in [-0.39, 0.29) is 28.6 Å². The molecule has 0 saturated carbocycles. The first-order chi connectivity index (χ1) is 12.8. The van der Waals surface area contributed by atoms with E-state index >= 15 is 0 Å². The average Bonchev–Trinajstić information content (AvgIpc) is 3.07. The van der Waals surface area contributed by atoms with E-state index in [2.05, 4.69) is 15.2 Å². The van der Waals surface area contributed by atoms with Gasteiger partial charge in [-0.15, -0.1) is 0 Å². The number of rotatable bonds is 2. The highest BCUT2D eigenvalue weighted by Crippen LogP contribution is 2.40. The lowest BCUT2D eigenvalue weighted by atomic mass is 9.94. The summed E-state index contributed by atoms with van der Waals surface area (Å²) in [5, 5.41) is 17.3. The smallest absolute Gasteiger partial charge is 0.417 e. The van der Waals surface area contributed by atoms with Crippen molar-refractivity contribution < 1.29 is 18.3 Å². The first-order valence-corrected chi connectivity index (χ1v) is 8.35. The summed E-state index contributed by atoms with van der Waals surface area (Å²) in [7, 11) is 0. The number of nitrogens with zero attached hydrogens (tertiary/aromatic N) is 2. The molecule has 0 unspecified atom stereocenters. The van der Waals surface area contributed by atoms with Crippen molar-refractivity contribution in [2.45, 2.75) is 26.4 Å². The molecule has 0 saturated heterocycles. The standard InChI is InChI=1S/C20H16F3N3O/c1-10-5-13(16(27)6-11(10)2)7-14-8-24-15-4-3-12-9-25-26-19(12)17(15)18(14)20(21,22)23/h3-6,8-9,27H,7H2,1-2H3,(H,25,26). The number of aromatic hydroxyl groups is 1. The number of phenolic OH excluding ortho intramolecular Hbond substituents is 1. The van der Waals surface area contributed by atoms with E-state index < -0.39 is 11.7 Å². The Labute approximate surface area is 152 Å². The first kappa shape index (κ1) is 17.3. The van der Waals surface area contributed by atoms with E-state index in [1.165, 1.54) is 12.4 Å². The van der Waals surface area contributed by atoms with Gasteiger partial charge in [0.1, 0.15) is 5.75 Å². The average molecular weight is 371 g/mol. The number of pyridine rings is 1. The van der Waals surface area contributed by atoms with E-state index in [4.69, 9.17) is 0 Å². The third-order valence-corrected chi connectivity index (χ3v) is 4.89. The summed E-state index contributed by atoms with van der Waals surface area (Å²) in [5.41, 5.74) is 2.02. The molecule has 0 spiro atoms. The highest BCUT2D eigenvalue weighted by Gasteiger charge is 2.37. The molecule has 0 atom stereocenters. The normalized spacial score (nSPS) is 12.2. The summed E-state index contributed by atoms with van der Waals surface area (Å²) in [5.74, 6) is -0.0222. The van der Waals surface area contributed by atoms with E-state index in [9.17, 15) is 18.3 Å². The molecule has 4 nitrogen and oxygen atoms in total. The van der Waals surface area contributed by atoms with Crippen molar-refractivity contribution in [1.82, 2.24) is 15.2 Å². The largest absolute Gasteiger partial charge is 0.508 e. The second-order valence-electron chi connectivity index (χ2n) is 6.69. The highest BCUT2D eigenvalue weighted by atomic mass is 19.4. The van der Waals surface area contributed by atoms with Crippen LogP contribution in [0.1, 0.15) is 27.8 Å². The van der Waals surface area contributed by atoms with E-state index in [1.54, 1.807) is 24.3 Å². The fraction of sp³-hybridized carbons (Fsp3) is 0.200. The van der Waals surface area contributed by atoms with Crippen LogP contribution in [0.4, 0.5) is 13.2 Å². The highest BCUT2D eigenvalue weighted by molar-refractivity contribution is 6.06. The van der Waals surface area contributed by atoms with Crippen LogP contribution in [0.3, 0.4) is 0 Å². The number of H-pyrrole nitrogens is 1. The maximum Gasteiger partial charge on any atom is 0.417 e. The van der Waals surface area contributed by atoms with Gasteiger partial charge in [-0.25, -0.2) is 0 Å². The van der Waals surface area contributed by atoms with Crippen molar-refractivity contribution in [2.24, 2.45) is 0 Å². The fourth-order valence-corrected chi connectivity index (χ4v) is 3.40. The number of fused-ring (bicyclic) bond motifs is 3. The molecule has 0 aliphatic rings. The molecule has 4 aromatic rings. The molecule has 2 aromatic carbocycles. The molecule has 27 heavy (non-hydrogen) atoms. The number of aryl methyl sites for hydroxylation is 2. The zero-order chi connectivity index (χ0) is 19.3. The van der Waals surface area contributed by atoms with E-state index in [0.717, 1.165) is 11.1 Å². The third-order valence-electron chi connectivity index (χ3n) is 4.89. The molecule has 0 fully saturated rings. The maximum absolute atomic E-state index is 14.0. The Morgan fingerprint density at radius 1 is 1.04 bits per heavy atom. The van der Waals surface area contributed by atoms with Crippen LogP contribution in [0.5, 0.6) is 5.75 Å². The molecule has 138 valence electrons. The number of halogens is 3. The lowest BCUT2D eigenvalue weighted by Gasteiger charge is -2.17. The maximum atomic E-state index is 14.0. The molecule has 2 aromatic heterocycles. The molecule has 7 heteroatoms. The predicted octanol–water partition coefficient (Wildman–Crippen LogP) is 5.04. The number of nitrogens with one attached hydrogen (secondary N) is 1. The Hall–Kier alpha value is -3.09. The molecular formula is C20H16F3N3O. The molecule has 0 bridgehead atoms. The van der Waals surface area contributed by atoms with E-state index in [1.807, 2.05) is 13.8 Å². The molecule has 2 heterocycles. The van der Waals surface area contributed by atoms with Gasteiger partial charge in [0.2, 0.25) is 0 Å². The van der Waals surface area contributed by atoms with Crippen LogP contribution in [0.2, 0.25) is 0 Å². The van der Waals surface area contributed by atoms with Crippen LogP contribution in [-0.4, -0.2) is 20.3 Å². The summed E-state index contributed by atoms with van der Waals surface area (Å²) in [6.07, 6.45) is -1.93. The second kappa shape index (κ2) is 5.97. The number of phenols is 1. The summed E-state index contributed by atoms with van der Waals surface area (Å²) >= 11 is 0. The van der Waals surface area contributed by atoms with Crippen LogP contribution >= 0.6 is 0 Å². The molecule has 0 radical (unpaired) electrons. The Balaban J connectivity index is 2.00. The first-order valence-electron chi connectivity index (χ1n) is 8.35. The summed E-state index contributed by atoms with van der Waals surface area (Å²) in [4.78, 5) is 4.22. The Bertz CT molecular complexity index is 1180. The van der Waals surface area contributed by atoms with Crippen molar-refractivity contribution >= 4 is 21.8 Å². The van der Waals surface area contributed by atoms with Crippen LogP contribution in [0, 0.1) is 13.8 Å². The molecular weight excluding hydrogens is 355 g/mol. The molecule has 4 rings (SSSR count). The van der Waals surface area contributed by atoms with Gasteiger partial charge in [0, 0.05) is 23.4 Å². The Morgan fingerprint density at radius 2 is 1.78 bits per heavy atom. The molecule has 0 amide bonds. The minimum Gasteiger partial charge on any atom is -0.508 e. The fourth-order valence-electron chi connectivity index (χ4n) is 3.40. The van der Waals surface area contributed by atoms with Crippen LogP contribution < -0.4 is 0 Å². The van der Waals surface area contributed by atoms with Gasteiger partial charge in [-0.05, 0) is 54.3 Å². The van der Waals surface area contributed by atoms with Gasteiger partial charge >= 0.3 is 6.18 Å². The summed E-state index contributed by atoms with van der Waals surface area (Å²) in [6, 6.07) is 6.52. The molecule has 2 N–H and O–H groups in total. The summed E-state index contributed by atoms with van der Waals surface area (Å²) in [6.45, 7) is 3.70. The van der Waals surface area contributed by atoms with Gasteiger partial charge in [-0.1, -0.05) is 6.07 Å². The lowest BCUT2D eigenvalue weighted by Crippen LogP contribution is -2.12. The number of aromatic nitrogens is 3. The quantitative estimate of drug-likeness (QED) is 0.519. The summed E-state index contributed by atoms with van der Waals surface area (Å²) < 4.78 is 42.1. The van der Waals surface area contributed by atoms with Crippen LogP contribution in [-0.2, 0) is 12.6 Å². The predicted molar refractivity (Wildman–Crippen MR) is 96.8 cm³/mol. The van der Waals surface area contributed by atoms with Gasteiger partial charge in [0.15, 0.2) is 0 Å². The number of aromatic amines is 1. The van der Waals surface area contributed by atoms with Gasteiger partial charge < -0.3 is 5.11 Å². The molecule has 0 aliphatic carbocycles. The van der Waals surface area contributed by atoms with Gasteiger partial charge in [0.25, 0.3) is 0 Å². The topological polar surface area (TPSA) is 61.8 Å². The number of alkyl halides is 3. The lowest BCUT2D eigenvalue weighted by molar-refractivity contribution is -0.136. The number of hydrogen-bond donors (Lipinski definition) is 2. The van der Waals surface area contributed by atoms with Crippen molar-refractivity contribution in [3.63, 3.8) is 0 Å². The number of benzene rings is 2. The zero-order valence-electron chi connectivity index (χ0n) is 14.6. The minimum atomic E-state index is -4.58. The van der Waals surface area contributed by atoms with Crippen molar-refractivity contribution in [3.05, 3.63) is 64.5 Å². The second-order valence-corrected chi connectivity index (χ2v) is 6.69. The van der Waals surface area contributed by atoms with Crippen molar-refractivity contribution in [2.75, 3.05) is 0 Å². The zero-order valence-corrected chi connectivity index (χ0v) is 14.6. The van der Waals surface area contributed by atoms with Gasteiger partial charge in [-0.3, -0.25) is 10.1 Å². The number of hydrogen-bond acceptors (Lipinski definition) is 3. The minimum absolute atomic E-state index is 0.00155. The van der Waals surface area contributed by atoms with Gasteiger partial charge in [0.05, 0.1) is 22.8 Å². The Kier molecular flexibility index (Phi) is 3.83. The molecule has 0 aliphatic heterocycles. The van der Waals surface area contributed by atoms with E-state index in [0.29, 0.717) is 16.5 Å². The Morgan fingerprint density at radius 3 is 2.52 bits per heavy atom. The van der Waals surface area contributed by atoms with Crippen molar-refractivity contribution in [3.8, 4) is 5.75 Å². The third kappa shape index (κ3) is 2.89. The van der Waals surface area contributed by atoms with Crippen molar-refractivity contribution in [1.29, 1.82) is 0 Å². The van der Waals surface area contributed by atoms with Gasteiger partial charge in [-0.2, -0.15) is 18.3 Å². The van der Waals surface area contributed by atoms with Crippen LogP contribution in [0.25, 0.3) is 21.8 Å².